The van der Waals surface area contributed by atoms with Crippen molar-refractivity contribution in [3.05, 3.63) is 41.3 Å². The van der Waals surface area contributed by atoms with Crippen molar-refractivity contribution in [3.8, 4) is 11.6 Å². The van der Waals surface area contributed by atoms with Gasteiger partial charge in [0.05, 0.1) is 11.4 Å². The molecule has 2 N–H and O–H groups in total. The first kappa shape index (κ1) is 14.0. The van der Waals surface area contributed by atoms with Crippen LogP contribution in [0.2, 0.25) is 0 Å². The SMILES string of the molecule is CCC(N)Cc1c(Oc2cccnc2C)nc2sccn12. The zero-order valence-corrected chi connectivity index (χ0v) is 12.9. The Kier molecular flexibility index (Phi) is 3.90. The molecule has 0 aliphatic rings. The third-order valence-electron chi connectivity index (χ3n) is 3.47. The van der Waals surface area contributed by atoms with Crippen molar-refractivity contribution >= 4 is 16.3 Å². The van der Waals surface area contributed by atoms with Crippen LogP contribution in [-0.4, -0.2) is 20.4 Å². The van der Waals surface area contributed by atoms with Crippen molar-refractivity contribution in [1.82, 2.24) is 14.4 Å². The molecule has 3 heterocycles. The summed E-state index contributed by atoms with van der Waals surface area (Å²) in [6.07, 6.45) is 5.42. The fourth-order valence-electron chi connectivity index (χ4n) is 2.15. The molecule has 0 saturated carbocycles. The molecule has 0 amide bonds. The van der Waals surface area contributed by atoms with E-state index in [9.17, 15) is 0 Å². The lowest BCUT2D eigenvalue weighted by Crippen LogP contribution is -2.22. The molecule has 0 radical (unpaired) electrons. The second kappa shape index (κ2) is 5.83. The van der Waals surface area contributed by atoms with Gasteiger partial charge in [-0.1, -0.05) is 6.92 Å². The highest BCUT2D eigenvalue weighted by Crippen LogP contribution is 2.29. The van der Waals surface area contributed by atoms with Gasteiger partial charge < -0.3 is 10.5 Å². The maximum atomic E-state index is 6.11. The third-order valence-corrected chi connectivity index (χ3v) is 4.23. The number of nitrogens with two attached hydrogens (primary N) is 1. The average Bonchev–Trinajstić information content (AvgIpc) is 3.04. The van der Waals surface area contributed by atoms with Crippen LogP contribution in [0.5, 0.6) is 11.6 Å². The van der Waals surface area contributed by atoms with Crippen LogP contribution in [0.1, 0.15) is 24.7 Å². The molecule has 0 fully saturated rings. The van der Waals surface area contributed by atoms with Crippen molar-refractivity contribution in [2.24, 2.45) is 5.73 Å². The summed E-state index contributed by atoms with van der Waals surface area (Å²) in [5, 5.41) is 2.02. The summed E-state index contributed by atoms with van der Waals surface area (Å²) in [7, 11) is 0. The highest BCUT2D eigenvalue weighted by molar-refractivity contribution is 7.15. The van der Waals surface area contributed by atoms with Gasteiger partial charge in [-0.05, 0) is 25.5 Å². The van der Waals surface area contributed by atoms with Crippen LogP contribution >= 0.6 is 11.3 Å². The highest BCUT2D eigenvalue weighted by atomic mass is 32.1. The van der Waals surface area contributed by atoms with Crippen LogP contribution in [0, 0.1) is 6.92 Å². The van der Waals surface area contributed by atoms with Gasteiger partial charge in [-0.3, -0.25) is 9.38 Å². The molecule has 5 nitrogen and oxygen atoms in total. The number of ether oxygens (including phenoxy) is 1. The lowest BCUT2D eigenvalue weighted by Gasteiger charge is -2.11. The Bertz CT molecular complexity index is 749. The monoisotopic (exact) mass is 302 g/mol. The van der Waals surface area contributed by atoms with E-state index in [2.05, 4.69) is 21.3 Å². The molecule has 3 rings (SSSR count). The summed E-state index contributed by atoms with van der Waals surface area (Å²) in [5.74, 6) is 1.36. The third kappa shape index (κ3) is 2.77. The number of imidazole rings is 1. The van der Waals surface area contributed by atoms with Gasteiger partial charge in [0.15, 0.2) is 10.7 Å². The van der Waals surface area contributed by atoms with Crippen LogP contribution in [0.3, 0.4) is 0 Å². The zero-order chi connectivity index (χ0) is 14.8. The van der Waals surface area contributed by atoms with Gasteiger partial charge in [-0.2, -0.15) is 4.98 Å². The summed E-state index contributed by atoms with van der Waals surface area (Å²) in [5.41, 5.74) is 7.97. The highest BCUT2D eigenvalue weighted by Gasteiger charge is 2.18. The number of hydrogen-bond donors (Lipinski definition) is 1. The van der Waals surface area contributed by atoms with E-state index < -0.39 is 0 Å². The van der Waals surface area contributed by atoms with Gasteiger partial charge in [0.25, 0.3) is 0 Å². The number of aromatic nitrogens is 3. The van der Waals surface area contributed by atoms with Crippen molar-refractivity contribution in [3.63, 3.8) is 0 Å². The summed E-state index contributed by atoms with van der Waals surface area (Å²) >= 11 is 1.59. The minimum atomic E-state index is 0.0992. The molecule has 3 aromatic heterocycles. The van der Waals surface area contributed by atoms with E-state index in [0.29, 0.717) is 5.88 Å². The van der Waals surface area contributed by atoms with Gasteiger partial charge in [0.2, 0.25) is 5.88 Å². The second-order valence-corrected chi connectivity index (χ2v) is 5.85. The smallest absolute Gasteiger partial charge is 0.242 e. The standard InChI is InChI=1S/C15H18N4OS/c1-3-11(16)9-12-14(18-15-19(12)7-8-21-15)20-13-5-4-6-17-10(13)2/h4-8,11H,3,9,16H2,1-2H3. The summed E-state index contributed by atoms with van der Waals surface area (Å²) in [6, 6.07) is 3.86. The molecule has 1 unspecified atom stereocenters. The molecule has 3 aromatic rings. The van der Waals surface area contributed by atoms with E-state index in [1.807, 2.05) is 30.6 Å². The van der Waals surface area contributed by atoms with Crippen LogP contribution in [0.4, 0.5) is 0 Å². The molecule has 0 bridgehead atoms. The molecular formula is C15H18N4OS. The van der Waals surface area contributed by atoms with Gasteiger partial charge >= 0.3 is 0 Å². The molecule has 0 saturated heterocycles. The Morgan fingerprint density at radius 1 is 1.48 bits per heavy atom. The second-order valence-electron chi connectivity index (χ2n) is 4.98. The van der Waals surface area contributed by atoms with Crippen LogP contribution in [-0.2, 0) is 6.42 Å². The molecule has 0 spiro atoms. The first-order valence-electron chi connectivity index (χ1n) is 6.98. The Hall–Kier alpha value is -1.92. The molecule has 21 heavy (non-hydrogen) atoms. The van der Waals surface area contributed by atoms with Crippen LogP contribution in [0.15, 0.2) is 29.9 Å². The molecular weight excluding hydrogens is 284 g/mol. The topological polar surface area (TPSA) is 65.4 Å². The summed E-state index contributed by atoms with van der Waals surface area (Å²) in [4.78, 5) is 9.74. The normalized spacial score (nSPS) is 12.7. The summed E-state index contributed by atoms with van der Waals surface area (Å²) < 4.78 is 8.04. The number of rotatable bonds is 5. The molecule has 110 valence electrons. The maximum absolute atomic E-state index is 6.11. The van der Waals surface area contributed by atoms with Crippen LogP contribution in [0.25, 0.3) is 4.96 Å². The lowest BCUT2D eigenvalue weighted by atomic mass is 10.1. The molecule has 0 aliphatic carbocycles. The van der Waals surface area contributed by atoms with E-state index in [0.717, 1.165) is 34.9 Å². The first-order chi connectivity index (χ1) is 10.2. The van der Waals surface area contributed by atoms with E-state index >= 15 is 0 Å². The number of hydrogen-bond acceptors (Lipinski definition) is 5. The van der Waals surface area contributed by atoms with Gasteiger partial charge in [0, 0.05) is 30.2 Å². The van der Waals surface area contributed by atoms with E-state index in [1.165, 1.54) is 0 Å². The molecule has 1 atom stereocenters. The fraction of sp³-hybridized carbons (Fsp3) is 0.333. The van der Waals surface area contributed by atoms with Gasteiger partial charge in [-0.15, -0.1) is 11.3 Å². The Morgan fingerprint density at radius 3 is 3.10 bits per heavy atom. The van der Waals surface area contributed by atoms with Gasteiger partial charge in [-0.25, -0.2) is 0 Å². The van der Waals surface area contributed by atoms with Crippen molar-refractivity contribution in [1.29, 1.82) is 0 Å². The number of pyridine rings is 1. The fourth-order valence-corrected chi connectivity index (χ4v) is 2.88. The van der Waals surface area contributed by atoms with Crippen molar-refractivity contribution in [2.75, 3.05) is 0 Å². The zero-order valence-electron chi connectivity index (χ0n) is 12.1. The largest absolute Gasteiger partial charge is 0.435 e. The predicted octanol–water partition coefficient (Wildman–Crippen LogP) is 3.17. The van der Waals surface area contributed by atoms with Crippen molar-refractivity contribution in [2.45, 2.75) is 32.7 Å². The Labute approximate surface area is 127 Å². The Morgan fingerprint density at radius 2 is 2.33 bits per heavy atom. The molecule has 0 aliphatic heterocycles. The number of nitrogens with zero attached hydrogens (tertiary/aromatic N) is 3. The minimum Gasteiger partial charge on any atom is -0.435 e. The minimum absolute atomic E-state index is 0.0992. The Balaban J connectivity index is 1.99. The average molecular weight is 302 g/mol. The van der Waals surface area contributed by atoms with E-state index in [1.54, 1.807) is 17.5 Å². The van der Waals surface area contributed by atoms with Crippen molar-refractivity contribution < 1.29 is 4.74 Å². The quantitative estimate of drug-likeness (QED) is 0.786. The first-order valence-corrected chi connectivity index (χ1v) is 7.86. The lowest BCUT2D eigenvalue weighted by molar-refractivity contribution is 0.449. The van der Waals surface area contributed by atoms with Gasteiger partial charge in [0.1, 0.15) is 0 Å². The van der Waals surface area contributed by atoms with E-state index in [4.69, 9.17) is 10.5 Å². The molecule has 0 aromatic carbocycles. The van der Waals surface area contributed by atoms with Crippen LogP contribution < -0.4 is 10.5 Å². The maximum Gasteiger partial charge on any atom is 0.242 e. The molecule has 6 heteroatoms. The predicted molar refractivity (Wildman–Crippen MR) is 84.1 cm³/mol. The number of aryl methyl sites for hydroxylation is 1. The summed E-state index contributed by atoms with van der Waals surface area (Å²) in [6.45, 7) is 4.01. The number of fused-ring (bicyclic) bond motifs is 1. The van der Waals surface area contributed by atoms with E-state index in [-0.39, 0.29) is 6.04 Å². The number of thiazole rings is 1.